The van der Waals surface area contributed by atoms with Crippen LogP contribution in [0.25, 0.3) is 0 Å². The minimum absolute atomic E-state index is 0.0168. The summed E-state index contributed by atoms with van der Waals surface area (Å²) in [5, 5.41) is 6.66. The Bertz CT molecular complexity index is 604. The highest BCUT2D eigenvalue weighted by molar-refractivity contribution is 5.96. The van der Waals surface area contributed by atoms with Gasteiger partial charge in [-0.05, 0) is 25.5 Å². The normalized spacial score (nSPS) is 16.6. The molecule has 2 aromatic rings. The monoisotopic (exact) mass is 272 g/mol. The number of ether oxygens (including phenoxy) is 1. The van der Waals surface area contributed by atoms with E-state index in [1.54, 1.807) is 13.8 Å². The zero-order chi connectivity index (χ0) is 14.1. The van der Waals surface area contributed by atoms with Crippen molar-refractivity contribution in [2.24, 2.45) is 0 Å². The first-order valence-electron chi connectivity index (χ1n) is 6.61. The molecule has 0 spiro atoms. The molecule has 0 radical (unpaired) electrons. The van der Waals surface area contributed by atoms with Crippen LogP contribution in [0.4, 0.5) is 0 Å². The third-order valence-corrected chi connectivity index (χ3v) is 3.46. The molecule has 0 fully saturated rings. The Kier molecular flexibility index (Phi) is 3.18. The van der Waals surface area contributed by atoms with Crippen molar-refractivity contribution in [3.8, 4) is 5.75 Å². The van der Waals surface area contributed by atoms with Crippen LogP contribution in [0.5, 0.6) is 5.75 Å². The Morgan fingerprint density at radius 1 is 1.40 bits per heavy atom. The number of hydrogen-bond donors (Lipinski definition) is 1. The Morgan fingerprint density at radius 3 is 2.90 bits per heavy atom. The van der Waals surface area contributed by atoms with Crippen molar-refractivity contribution in [1.82, 2.24) is 10.5 Å². The standard InChI is InChI=1S/C15H16N2O3/c1-9-14(10(2)20-17-9)15(18)16-8-12-7-11-5-3-4-6-13(11)19-12/h3-6,12H,7-8H2,1-2H3,(H,16,18)/t12-/m0/s1. The molecular weight excluding hydrogens is 256 g/mol. The van der Waals surface area contributed by atoms with Crippen LogP contribution in [0, 0.1) is 13.8 Å². The maximum absolute atomic E-state index is 12.1. The first-order valence-corrected chi connectivity index (χ1v) is 6.61. The summed E-state index contributed by atoms with van der Waals surface area (Å²) in [4.78, 5) is 12.1. The molecule has 5 nitrogen and oxygen atoms in total. The summed E-state index contributed by atoms with van der Waals surface area (Å²) in [7, 11) is 0. The van der Waals surface area contributed by atoms with Gasteiger partial charge in [0.25, 0.3) is 5.91 Å². The number of carbonyl (C=O) groups is 1. The Labute approximate surface area is 116 Å². The number of aromatic nitrogens is 1. The quantitative estimate of drug-likeness (QED) is 0.928. The van der Waals surface area contributed by atoms with E-state index in [4.69, 9.17) is 9.26 Å². The van der Waals surface area contributed by atoms with Gasteiger partial charge in [-0.25, -0.2) is 0 Å². The van der Waals surface area contributed by atoms with Gasteiger partial charge in [0.2, 0.25) is 0 Å². The fraction of sp³-hybridized carbons (Fsp3) is 0.333. The van der Waals surface area contributed by atoms with E-state index in [-0.39, 0.29) is 12.0 Å². The smallest absolute Gasteiger partial charge is 0.256 e. The molecule has 1 aromatic heterocycles. The lowest BCUT2D eigenvalue weighted by Crippen LogP contribution is -2.34. The highest BCUT2D eigenvalue weighted by Gasteiger charge is 2.24. The molecule has 1 aliphatic heterocycles. The van der Waals surface area contributed by atoms with E-state index < -0.39 is 0 Å². The predicted octanol–water partition coefficient (Wildman–Crippen LogP) is 2.02. The first-order chi connectivity index (χ1) is 9.65. The van der Waals surface area contributed by atoms with E-state index >= 15 is 0 Å². The third-order valence-electron chi connectivity index (χ3n) is 3.46. The largest absolute Gasteiger partial charge is 0.488 e. The fourth-order valence-electron chi connectivity index (χ4n) is 2.47. The molecule has 1 N–H and O–H groups in total. The van der Waals surface area contributed by atoms with Gasteiger partial charge in [-0.3, -0.25) is 4.79 Å². The van der Waals surface area contributed by atoms with Gasteiger partial charge < -0.3 is 14.6 Å². The first kappa shape index (κ1) is 12.7. The Morgan fingerprint density at radius 2 is 2.20 bits per heavy atom. The summed E-state index contributed by atoms with van der Waals surface area (Å²) in [5.74, 6) is 1.28. The molecule has 5 heteroatoms. The fourth-order valence-corrected chi connectivity index (χ4v) is 2.47. The van der Waals surface area contributed by atoms with Crippen LogP contribution < -0.4 is 10.1 Å². The van der Waals surface area contributed by atoms with Crippen molar-refractivity contribution in [2.75, 3.05) is 6.54 Å². The molecule has 0 saturated heterocycles. The number of benzene rings is 1. The van der Waals surface area contributed by atoms with E-state index in [1.165, 1.54) is 5.56 Å². The lowest BCUT2D eigenvalue weighted by Gasteiger charge is -2.11. The third kappa shape index (κ3) is 2.27. The summed E-state index contributed by atoms with van der Waals surface area (Å²) in [6.45, 7) is 3.96. The number of rotatable bonds is 3. The van der Waals surface area contributed by atoms with Crippen molar-refractivity contribution >= 4 is 5.91 Å². The van der Waals surface area contributed by atoms with Crippen molar-refractivity contribution < 1.29 is 14.1 Å². The maximum Gasteiger partial charge on any atom is 0.256 e. The number of amides is 1. The summed E-state index contributed by atoms with van der Waals surface area (Å²) in [6, 6.07) is 7.94. The highest BCUT2D eigenvalue weighted by atomic mass is 16.5. The summed E-state index contributed by atoms with van der Waals surface area (Å²) in [6.07, 6.45) is 0.801. The van der Waals surface area contributed by atoms with E-state index in [0.717, 1.165) is 12.2 Å². The van der Waals surface area contributed by atoms with Crippen molar-refractivity contribution in [3.63, 3.8) is 0 Å². The lowest BCUT2D eigenvalue weighted by molar-refractivity contribution is 0.0931. The molecule has 0 bridgehead atoms. The van der Waals surface area contributed by atoms with Crippen LogP contribution in [0.2, 0.25) is 0 Å². The van der Waals surface area contributed by atoms with Gasteiger partial charge in [0.05, 0.1) is 12.2 Å². The average molecular weight is 272 g/mol. The molecule has 1 amide bonds. The van der Waals surface area contributed by atoms with Gasteiger partial charge in [0.1, 0.15) is 23.2 Å². The summed E-state index contributed by atoms with van der Waals surface area (Å²) >= 11 is 0. The van der Waals surface area contributed by atoms with Crippen LogP contribution in [-0.2, 0) is 6.42 Å². The number of hydrogen-bond acceptors (Lipinski definition) is 4. The number of carbonyl (C=O) groups excluding carboxylic acids is 1. The number of nitrogens with one attached hydrogen (secondary N) is 1. The SMILES string of the molecule is Cc1noc(C)c1C(=O)NC[C@@H]1Cc2ccccc2O1. The van der Waals surface area contributed by atoms with Gasteiger partial charge in [-0.2, -0.15) is 0 Å². The topological polar surface area (TPSA) is 64.4 Å². The van der Waals surface area contributed by atoms with Gasteiger partial charge in [-0.1, -0.05) is 23.4 Å². The second-order valence-corrected chi connectivity index (χ2v) is 4.96. The van der Waals surface area contributed by atoms with Crippen molar-refractivity contribution in [2.45, 2.75) is 26.4 Å². The summed E-state index contributed by atoms with van der Waals surface area (Å²) in [5.41, 5.74) is 2.31. The van der Waals surface area contributed by atoms with Crippen LogP contribution >= 0.6 is 0 Å². The molecule has 1 atom stereocenters. The van der Waals surface area contributed by atoms with Gasteiger partial charge in [-0.15, -0.1) is 0 Å². The Hall–Kier alpha value is -2.30. The second-order valence-electron chi connectivity index (χ2n) is 4.96. The predicted molar refractivity (Wildman–Crippen MR) is 72.9 cm³/mol. The molecule has 1 aromatic carbocycles. The van der Waals surface area contributed by atoms with E-state index in [9.17, 15) is 4.79 Å². The molecule has 0 unspecified atom stereocenters. The van der Waals surface area contributed by atoms with Crippen LogP contribution in [-0.4, -0.2) is 23.7 Å². The molecule has 20 heavy (non-hydrogen) atoms. The van der Waals surface area contributed by atoms with Crippen LogP contribution in [0.15, 0.2) is 28.8 Å². The van der Waals surface area contributed by atoms with Crippen molar-refractivity contribution in [1.29, 1.82) is 0 Å². The molecule has 104 valence electrons. The van der Waals surface area contributed by atoms with E-state index in [1.807, 2.05) is 24.3 Å². The highest BCUT2D eigenvalue weighted by Crippen LogP contribution is 2.27. The van der Waals surface area contributed by atoms with Gasteiger partial charge in [0.15, 0.2) is 0 Å². The second kappa shape index (κ2) is 5.00. The van der Waals surface area contributed by atoms with Gasteiger partial charge in [0, 0.05) is 6.42 Å². The zero-order valence-electron chi connectivity index (χ0n) is 11.5. The molecule has 3 rings (SSSR count). The maximum atomic E-state index is 12.1. The number of para-hydroxylation sites is 1. The molecule has 2 heterocycles. The molecule has 0 saturated carbocycles. The summed E-state index contributed by atoms with van der Waals surface area (Å²) < 4.78 is 10.8. The molecule has 1 aliphatic rings. The zero-order valence-corrected chi connectivity index (χ0v) is 11.5. The van der Waals surface area contributed by atoms with E-state index in [0.29, 0.717) is 23.6 Å². The average Bonchev–Trinajstić information content (AvgIpc) is 2.99. The lowest BCUT2D eigenvalue weighted by atomic mass is 10.1. The van der Waals surface area contributed by atoms with E-state index in [2.05, 4.69) is 10.5 Å². The number of fused-ring (bicyclic) bond motifs is 1. The van der Waals surface area contributed by atoms with Crippen molar-refractivity contribution in [3.05, 3.63) is 46.8 Å². The van der Waals surface area contributed by atoms with Crippen LogP contribution in [0.1, 0.15) is 27.4 Å². The molecular formula is C15H16N2O3. The number of aryl methyl sites for hydroxylation is 2. The minimum atomic E-state index is -0.166. The minimum Gasteiger partial charge on any atom is -0.488 e. The molecule has 0 aliphatic carbocycles. The van der Waals surface area contributed by atoms with Gasteiger partial charge >= 0.3 is 0 Å². The Balaban J connectivity index is 1.61. The van der Waals surface area contributed by atoms with Crippen LogP contribution in [0.3, 0.4) is 0 Å². The number of nitrogens with zero attached hydrogens (tertiary/aromatic N) is 1.